The molecule has 0 aliphatic rings. The predicted octanol–water partition coefficient (Wildman–Crippen LogP) is 2.36. The zero-order valence-electron chi connectivity index (χ0n) is 12.3. The fourth-order valence-corrected chi connectivity index (χ4v) is 1.81. The summed E-state index contributed by atoms with van der Waals surface area (Å²) in [4.78, 5) is 31.4. The fraction of sp³-hybridized carbons (Fsp3) is 0.125. The molecule has 0 aliphatic carbocycles. The van der Waals surface area contributed by atoms with Crippen LogP contribution in [-0.2, 0) is 9.63 Å². The van der Waals surface area contributed by atoms with Crippen LogP contribution in [0.5, 0.6) is 0 Å². The van der Waals surface area contributed by atoms with E-state index in [9.17, 15) is 9.59 Å². The van der Waals surface area contributed by atoms with Gasteiger partial charge >= 0.3 is 12.1 Å². The maximum atomic E-state index is 11.7. The van der Waals surface area contributed by atoms with Crippen molar-refractivity contribution in [2.24, 2.45) is 5.16 Å². The van der Waals surface area contributed by atoms with Gasteiger partial charge in [-0.05, 0) is 24.6 Å². The molecule has 0 saturated carbocycles. The molecule has 0 spiro atoms. The summed E-state index contributed by atoms with van der Waals surface area (Å²) < 4.78 is 0. The third kappa shape index (κ3) is 4.63. The molecule has 2 N–H and O–H groups in total. The van der Waals surface area contributed by atoms with Gasteiger partial charge in [0.1, 0.15) is 0 Å². The second kappa shape index (κ2) is 7.69. The highest BCUT2D eigenvalue weighted by atomic mass is 16.7. The number of benzene rings is 1. The molecule has 0 aliphatic heterocycles. The van der Waals surface area contributed by atoms with Crippen molar-refractivity contribution < 1.29 is 19.5 Å². The average Bonchev–Trinajstić information content (AvgIpc) is 2.56. The minimum Gasteiger partial charge on any atom is -0.476 e. The summed E-state index contributed by atoms with van der Waals surface area (Å²) in [7, 11) is 0. The van der Waals surface area contributed by atoms with E-state index < -0.39 is 17.8 Å². The number of nitrogens with one attached hydrogen (secondary N) is 1. The van der Waals surface area contributed by atoms with Gasteiger partial charge in [-0.3, -0.25) is 9.82 Å². The lowest BCUT2D eigenvalue weighted by molar-refractivity contribution is -0.129. The highest BCUT2D eigenvalue weighted by Crippen LogP contribution is 2.11. The van der Waals surface area contributed by atoms with Crippen LogP contribution in [-0.4, -0.2) is 27.9 Å². The van der Waals surface area contributed by atoms with Gasteiger partial charge in [-0.25, -0.2) is 9.59 Å². The first-order valence-electron chi connectivity index (χ1n) is 6.83. The number of aromatic nitrogens is 1. The van der Waals surface area contributed by atoms with E-state index in [1.54, 1.807) is 19.1 Å². The van der Waals surface area contributed by atoms with Crippen LogP contribution in [0.15, 0.2) is 59.9 Å². The summed E-state index contributed by atoms with van der Waals surface area (Å²) >= 11 is 0. The Bertz CT molecular complexity index is 702. The van der Waals surface area contributed by atoms with Crippen molar-refractivity contribution in [2.45, 2.75) is 13.0 Å². The Balaban J connectivity index is 2.02. The maximum Gasteiger partial charge on any atom is 0.433 e. The Morgan fingerprint density at radius 3 is 2.48 bits per heavy atom. The van der Waals surface area contributed by atoms with Crippen LogP contribution in [0, 0.1) is 0 Å². The molecule has 1 aromatic carbocycles. The molecule has 23 heavy (non-hydrogen) atoms. The first-order valence-corrected chi connectivity index (χ1v) is 6.83. The SMILES string of the molecule is C[C@H](NC(=O)O/N=C(\C(=O)O)c1ccccn1)c1ccccc1. The summed E-state index contributed by atoms with van der Waals surface area (Å²) in [5, 5.41) is 15.1. The van der Waals surface area contributed by atoms with E-state index >= 15 is 0 Å². The molecule has 0 unspecified atom stereocenters. The average molecular weight is 313 g/mol. The van der Waals surface area contributed by atoms with Crippen molar-refractivity contribution in [2.75, 3.05) is 0 Å². The van der Waals surface area contributed by atoms with Crippen molar-refractivity contribution in [1.29, 1.82) is 0 Å². The van der Waals surface area contributed by atoms with Gasteiger partial charge in [0.15, 0.2) is 0 Å². The molecule has 7 heteroatoms. The summed E-state index contributed by atoms with van der Waals surface area (Å²) in [5.41, 5.74) is 0.536. The van der Waals surface area contributed by atoms with Crippen molar-refractivity contribution >= 4 is 17.8 Å². The predicted molar refractivity (Wildman–Crippen MR) is 82.9 cm³/mol. The standard InChI is InChI=1S/C16H15N3O4/c1-11(12-7-3-2-4-8-12)18-16(22)23-19-14(15(20)21)13-9-5-6-10-17-13/h2-11H,1H3,(H,18,22)(H,20,21)/b19-14-/t11-/m0/s1. The molecule has 2 aromatic rings. The quantitative estimate of drug-likeness (QED) is 0.501. The molecule has 1 heterocycles. The number of carbonyl (C=O) groups is 2. The monoisotopic (exact) mass is 313 g/mol. The van der Waals surface area contributed by atoms with Crippen LogP contribution in [0.3, 0.4) is 0 Å². The molecule has 0 radical (unpaired) electrons. The minimum atomic E-state index is -1.34. The summed E-state index contributed by atoms with van der Waals surface area (Å²) in [5.74, 6) is -1.34. The van der Waals surface area contributed by atoms with E-state index in [4.69, 9.17) is 5.11 Å². The van der Waals surface area contributed by atoms with Gasteiger partial charge in [0.2, 0.25) is 5.71 Å². The smallest absolute Gasteiger partial charge is 0.433 e. The van der Waals surface area contributed by atoms with E-state index in [1.165, 1.54) is 12.3 Å². The van der Waals surface area contributed by atoms with Crippen molar-refractivity contribution in [3.05, 3.63) is 66.0 Å². The molecular formula is C16H15N3O4. The maximum absolute atomic E-state index is 11.7. The van der Waals surface area contributed by atoms with Gasteiger partial charge in [-0.1, -0.05) is 41.6 Å². The second-order valence-electron chi connectivity index (χ2n) is 4.62. The van der Waals surface area contributed by atoms with Crippen molar-refractivity contribution in [1.82, 2.24) is 10.3 Å². The van der Waals surface area contributed by atoms with Crippen molar-refractivity contribution in [3.8, 4) is 0 Å². The van der Waals surface area contributed by atoms with Gasteiger partial charge in [-0.2, -0.15) is 0 Å². The second-order valence-corrected chi connectivity index (χ2v) is 4.62. The fourth-order valence-electron chi connectivity index (χ4n) is 1.81. The van der Waals surface area contributed by atoms with Gasteiger partial charge in [0, 0.05) is 6.20 Å². The molecular weight excluding hydrogens is 298 g/mol. The van der Waals surface area contributed by atoms with Crippen LogP contribution in [0.4, 0.5) is 4.79 Å². The Labute approximate surface area is 132 Å². The molecule has 0 fully saturated rings. The third-order valence-electron chi connectivity index (χ3n) is 2.96. The molecule has 2 rings (SSSR count). The molecule has 7 nitrogen and oxygen atoms in total. The Hall–Kier alpha value is -3.22. The topological polar surface area (TPSA) is 101 Å². The Morgan fingerprint density at radius 1 is 1.17 bits per heavy atom. The van der Waals surface area contributed by atoms with E-state index in [2.05, 4.69) is 20.3 Å². The highest BCUT2D eigenvalue weighted by molar-refractivity contribution is 6.41. The third-order valence-corrected chi connectivity index (χ3v) is 2.96. The normalized spacial score (nSPS) is 12.3. The molecule has 1 atom stereocenters. The number of aliphatic carboxylic acids is 1. The summed E-state index contributed by atoms with van der Waals surface area (Å²) in [6.45, 7) is 1.77. The number of rotatable bonds is 5. The van der Waals surface area contributed by atoms with Crippen LogP contribution in [0.25, 0.3) is 0 Å². The van der Waals surface area contributed by atoms with Gasteiger partial charge < -0.3 is 10.4 Å². The summed E-state index contributed by atoms with van der Waals surface area (Å²) in [6.07, 6.45) is 0.571. The summed E-state index contributed by atoms with van der Waals surface area (Å²) in [6, 6.07) is 13.7. The molecule has 1 aromatic heterocycles. The Morgan fingerprint density at radius 2 is 1.87 bits per heavy atom. The lowest BCUT2D eigenvalue weighted by Gasteiger charge is -2.12. The van der Waals surface area contributed by atoms with Crippen molar-refractivity contribution in [3.63, 3.8) is 0 Å². The number of carbonyl (C=O) groups excluding carboxylic acids is 1. The molecule has 1 amide bonds. The number of amides is 1. The van der Waals surface area contributed by atoms with E-state index in [0.29, 0.717) is 0 Å². The number of hydrogen-bond donors (Lipinski definition) is 2. The van der Waals surface area contributed by atoms with Gasteiger partial charge in [0.05, 0.1) is 11.7 Å². The zero-order chi connectivity index (χ0) is 16.7. The zero-order valence-corrected chi connectivity index (χ0v) is 12.3. The van der Waals surface area contributed by atoms with E-state index in [0.717, 1.165) is 5.56 Å². The lowest BCUT2D eigenvalue weighted by atomic mass is 10.1. The van der Waals surface area contributed by atoms with Crippen LogP contribution >= 0.6 is 0 Å². The Kier molecular flexibility index (Phi) is 5.40. The number of nitrogens with zero attached hydrogens (tertiary/aromatic N) is 2. The van der Waals surface area contributed by atoms with Gasteiger partial charge in [0.25, 0.3) is 0 Å². The van der Waals surface area contributed by atoms with Crippen LogP contribution in [0.2, 0.25) is 0 Å². The number of pyridine rings is 1. The lowest BCUT2D eigenvalue weighted by Crippen LogP contribution is -2.27. The number of carboxylic acids is 1. The first-order chi connectivity index (χ1) is 11.1. The molecule has 0 saturated heterocycles. The molecule has 118 valence electrons. The van der Waals surface area contributed by atoms with E-state index in [-0.39, 0.29) is 11.7 Å². The number of carboxylic acid groups (broad SMARTS) is 1. The highest BCUT2D eigenvalue weighted by Gasteiger charge is 2.16. The largest absolute Gasteiger partial charge is 0.476 e. The van der Waals surface area contributed by atoms with Gasteiger partial charge in [-0.15, -0.1) is 0 Å². The number of oxime groups is 1. The van der Waals surface area contributed by atoms with Crippen LogP contribution < -0.4 is 5.32 Å². The van der Waals surface area contributed by atoms with E-state index in [1.807, 2.05) is 30.3 Å². The van der Waals surface area contributed by atoms with Crippen LogP contribution in [0.1, 0.15) is 24.2 Å². The minimum absolute atomic E-state index is 0.101. The first kappa shape index (κ1) is 16.2. The number of hydrogen-bond acceptors (Lipinski definition) is 5. The molecule has 0 bridgehead atoms.